The van der Waals surface area contributed by atoms with Gasteiger partial charge < -0.3 is 19.5 Å². The van der Waals surface area contributed by atoms with E-state index < -0.39 is 17.7 Å². The van der Waals surface area contributed by atoms with Crippen molar-refractivity contribution >= 4 is 17.4 Å². The average Bonchev–Trinajstić information content (AvgIpc) is 3.03. The van der Waals surface area contributed by atoms with Crippen LogP contribution in [0.1, 0.15) is 36.9 Å². The molecule has 3 rings (SSSR count). The van der Waals surface area contributed by atoms with Crippen molar-refractivity contribution in [2.24, 2.45) is 0 Å². The zero-order valence-electron chi connectivity index (χ0n) is 17.2. The van der Waals surface area contributed by atoms with E-state index in [1.165, 1.54) is 4.90 Å². The molecule has 1 saturated heterocycles. The monoisotopic (exact) mass is 410 g/mol. The minimum absolute atomic E-state index is 0.0538. The fourth-order valence-electron chi connectivity index (χ4n) is 3.48. The molecule has 1 aliphatic heterocycles. The van der Waals surface area contributed by atoms with Crippen LogP contribution in [0.2, 0.25) is 0 Å². The Morgan fingerprint density at radius 3 is 2.73 bits per heavy atom. The van der Waals surface area contributed by atoms with Crippen molar-refractivity contribution in [2.75, 3.05) is 26.9 Å². The van der Waals surface area contributed by atoms with E-state index in [1.54, 1.807) is 55.9 Å². The molecule has 7 heteroatoms. The molecule has 1 aromatic heterocycles. The van der Waals surface area contributed by atoms with Gasteiger partial charge >= 0.3 is 0 Å². The maximum Gasteiger partial charge on any atom is 0.295 e. The molecule has 1 aliphatic rings. The number of benzene rings is 1. The Kier molecular flexibility index (Phi) is 7.19. The second-order valence-electron chi connectivity index (χ2n) is 7.00. The van der Waals surface area contributed by atoms with Gasteiger partial charge in [-0.15, -0.1) is 0 Å². The average molecular weight is 410 g/mol. The van der Waals surface area contributed by atoms with E-state index in [4.69, 9.17) is 9.47 Å². The Morgan fingerprint density at radius 2 is 2.03 bits per heavy atom. The van der Waals surface area contributed by atoms with Crippen molar-refractivity contribution in [3.8, 4) is 5.75 Å². The lowest BCUT2D eigenvalue weighted by atomic mass is 9.96. The van der Waals surface area contributed by atoms with E-state index in [1.807, 2.05) is 6.92 Å². The second-order valence-corrected chi connectivity index (χ2v) is 7.00. The van der Waals surface area contributed by atoms with Crippen molar-refractivity contribution in [2.45, 2.75) is 25.8 Å². The highest BCUT2D eigenvalue weighted by Gasteiger charge is 2.45. The molecule has 0 saturated carbocycles. The minimum Gasteiger partial charge on any atom is -0.507 e. The number of amides is 1. The maximum absolute atomic E-state index is 12.9. The number of hydrogen-bond acceptors (Lipinski definition) is 6. The molecule has 2 aromatic rings. The summed E-state index contributed by atoms with van der Waals surface area (Å²) in [6, 6.07) is 9.71. The number of nitrogens with zero attached hydrogens (tertiary/aromatic N) is 2. The van der Waals surface area contributed by atoms with Gasteiger partial charge in [-0.2, -0.15) is 0 Å². The largest absolute Gasteiger partial charge is 0.507 e. The third-order valence-electron chi connectivity index (χ3n) is 4.87. The molecular formula is C23H26N2O5. The van der Waals surface area contributed by atoms with Crippen LogP contribution >= 0.6 is 0 Å². The van der Waals surface area contributed by atoms with E-state index in [-0.39, 0.29) is 11.3 Å². The van der Waals surface area contributed by atoms with Crippen molar-refractivity contribution < 1.29 is 24.2 Å². The number of aliphatic hydroxyl groups excluding tert-OH is 1. The maximum atomic E-state index is 12.9. The summed E-state index contributed by atoms with van der Waals surface area (Å²) in [4.78, 5) is 31.3. The van der Waals surface area contributed by atoms with Gasteiger partial charge in [-0.1, -0.05) is 25.1 Å². The van der Waals surface area contributed by atoms with Gasteiger partial charge in [0.1, 0.15) is 11.5 Å². The smallest absolute Gasteiger partial charge is 0.295 e. The topological polar surface area (TPSA) is 89.0 Å². The Bertz CT molecular complexity index is 926. The van der Waals surface area contributed by atoms with Gasteiger partial charge in [0, 0.05) is 38.2 Å². The highest BCUT2D eigenvalue weighted by Crippen LogP contribution is 2.39. The van der Waals surface area contributed by atoms with E-state index >= 15 is 0 Å². The van der Waals surface area contributed by atoms with Crippen molar-refractivity contribution in [3.05, 3.63) is 65.5 Å². The van der Waals surface area contributed by atoms with Crippen molar-refractivity contribution in [1.82, 2.24) is 9.88 Å². The molecule has 1 fully saturated rings. The predicted octanol–water partition coefficient (Wildman–Crippen LogP) is 3.33. The molecule has 0 spiro atoms. The van der Waals surface area contributed by atoms with Crippen LogP contribution < -0.4 is 4.74 Å². The number of carbonyl (C=O) groups excluding carboxylic acids is 2. The number of aromatic nitrogens is 1. The first kappa shape index (κ1) is 21.5. The van der Waals surface area contributed by atoms with E-state index in [0.29, 0.717) is 43.1 Å². The molecule has 1 amide bonds. The summed E-state index contributed by atoms with van der Waals surface area (Å²) in [5.41, 5.74) is 1.14. The highest BCUT2D eigenvalue weighted by atomic mass is 16.5. The number of methoxy groups -OCH3 is 1. The predicted molar refractivity (Wildman–Crippen MR) is 112 cm³/mol. The molecule has 0 radical (unpaired) electrons. The zero-order chi connectivity index (χ0) is 21.5. The lowest BCUT2D eigenvalue weighted by molar-refractivity contribution is -0.140. The van der Waals surface area contributed by atoms with Gasteiger partial charge in [0.25, 0.3) is 11.7 Å². The van der Waals surface area contributed by atoms with Gasteiger partial charge in [-0.25, -0.2) is 0 Å². The quantitative estimate of drug-likeness (QED) is 0.295. The van der Waals surface area contributed by atoms with Crippen molar-refractivity contribution in [3.63, 3.8) is 0 Å². The third-order valence-corrected chi connectivity index (χ3v) is 4.87. The summed E-state index contributed by atoms with van der Waals surface area (Å²) in [7, 11) is 1.58. The van der Waals surface area contributed by atoms with Gasteiger partial charge in [0.15, 0.2) is 0 Å². The van der Waals surface area contributed by atoms with E-state index in [9.17, 15) is 14.7 Å². The van der Waals surface area contributed by atoms with Crippen LogP contribution in [0.3, 0.4) is 0 Å². The van der Waals surface area contributed by atoms with E-state index in [0.717, 1.165) is 6.42 Å². The van der Waals surface area contributed by atoms with Gasteiger partial charge in [0.05, 0.1) is 18.2 Å². The third kappa shape index (κ3) is 4.52. The number of rotatable bonds is 9. The standard InChI is InChI=1S/C23H26N2O5/c1-3-12-30-18-9-4-7-16(14-18)21(26)19-20(17-8-5-10-24-15-17)25(11-6-13-29-2)23(28)22(19)27/h4-5,7-10,14-15,20,26H,3,6,11-13H2,1-2H3/b21-19+. The van der Waals surface area contributed by atoms with Crippen LogP contribution in [0.5, 0.6) is 5.75 Å². The highest BCUT2D eigenvalue weighted by molar-refractivity contribution is 6.46. The van der Waals surface area contributed by atoms with Gasteiger partial charge in [-0.05, 0) is 36.6 Å². The lowest BCUT2D eigenvalue weighted by Gasteiger charge is -2.25. The normalized spacial score (nSPS) is 18.1. The van der Waals surface area contributed by atoms with Gasteiger partial charge in [-0.3, -0.25) is 14.6 Å². The Labute approximate surface area is 175 Å². The SMILES string of the molecule is CCCOc1cccc(/C(O)=C2\C(=O)C(=O)N(CCCOC)C2c2cccnc2)c1. The molecule has 158 valence electrons. The summed E-state index contributed by atoms with van der Waals surface area (Å²) >= 11 is 0. The summed E-state index contributed by atoms with van der Waals surface area (Å²) < 4.78 is 10.7. The molecule has 1 aromatic carbocycles. The fraction of sp³-hybridized carbons (Fsp3) is 0.348. The number of ketones is 1. The number of Topliss-reactive ketones (excluding diaryl/α,β-unsaturated/α-hetero) is 1. The molecule has 0 aliphatic carbocycles. The van der Waals surface area contributed by atoms with Crippen LogP contribution in [0.4, 0.5) is 0 Å². The molecular weight excluding hydrogens is 384 g/mol. The Hall–Kier alpha value is -3.19. The number of ether oxygens (including phenoxy) is 2. The van der Waals surface area contributed by atoms with Gasteiger partial charge in [0.2, 0.25) is 0 Å². The molecule has 2 heterocycles. The second kappa shape index (κ2) is 10.0. The van der Waals surface area contributed by atoms with Crippen LogP contribution in [-0.2, 0) is 14.3 Å². The number of hydrogen-bond donors (Lipinski definition) is 1. The number of carbonyl (C=O) groups is 2. The number of likely N-dealkylation sites (tertiary alicyclic amines) is 1. The number of pyridine rings is 1. The van der Waals surface area contributed by atoms with Crippen LogP contribution in [0, 0.1) is 0 Å². The number of aliphatic hydroxyl groups is 1. The van der Waals surface area contributed by atoms with Crippen LogP contribution in [0.15, 0.2) is 54.4 Å². The first-order valence-corrected chi connectivity index (χ1v) is 9.99. The molecule has 7 nitrogen and oxygen atoms in total. The van der Waals surface area contributed by atoms with Crippen LogP contribution in [-0.4, -0.2) is 53.5 Å². The summed E-state index contributed by atoms with van der Waals surface area (Å²) in [6.07, 6.45) is 4.65. The molecule has 30 heavy (non-hydrogen) atoms. The molecule has 1 atom stereocenters. The lowest BCUT2D eigenvalue weighted by Crippen LogP contribution is -2.31. The van der Waals surface area contributed by atoms with Crippen LogP contribution in [0.25, 0.3) is 5.76 Å². The minimum atomic E-state index is -0.712. The first-order chi connectivity index (χ1) is 14.6. The fourth-order valence-corrected chi connectivity index (χ4v) is 3.48. The summed E-state index contributed by atoms with van der Waals surface area (Å²) in [5, 5.41) is 11.1. The zero-order valence-corrected chi connectivity index (χ0v) is 17.2. The summed E-state index contributed by atoms with van der Waals surface area (Å²) in [5.74, 6) is -0.981. The Balaban J connectivity index is 2.05. The molecule has 1 N–H and O–H groups in total. The summed E-state index contributed by atoms with van der Waals surface area (Å²) in [6.45, 7) is 3.33. The first-order valence-electron chi connectivity index (χ1n) is 9.99. The Morgan fingerprint density at radius 1 is 1.20 bits per heavy atom. The molecule has 1 unspecified atom stereocenters. The van der Waals surface area contributed by atoms with Crippen molar-refractivity contribution in [1.29, 1.82) is 0 Å². The van der Waals surface area contributed by atoms with E-state index in [2.05, 4.69) is 4.98 Å². The molecule has 0 bridgehead atoms.